The van der Waals surface area contributed by atoms with Gasteiger partial charge in [0.25, 0.3) is 0 Å². The Balaban J connectivity index is 3.12. The third kappa shape index (κ3) is 3.64. The van der Waals surface area contributed by atoms with E-state index in [2.05, 4.69) is 0 Å². The SMILES string of the molecule is CCC(CC)C(=O)[C@@H](C#N)C(=O)c1ccc(OC)c(OC)c1. The highest BCUT2D eigenvalue weighted by atomic mass is 16.5. The Labute approximate surface area is 130 Å². The van der Waals surface area contributed by atoms with E-state index >= 15 is 0 Å². The molecule has 0 aliphatic heterocycles. The summed E-state index contributed by atoms with van der Waals surface area (Å²) in [6, 6.07) is 6.46. The molecule has 5 heteroatoms. The van der Waals surface area contributed by atoms with Gasteiger partial charge in [0.2, 0.25) is 0 Å². The lowest BCUT2D eigenvalue weighted by Gasteiger charge is -2.15. The Morgan fingerprint density at radius 3 is 2.18 bits per heavy atom. The largest absolute Gasteiger partial charge is 0.493 e. The number of carbonyl (C=O) groups is 2. The Kier molecular flexibility index (Phi) is 6.58. The van der Waals surface area contributed by atoms with E-state index in [1.165, 1.54) is 26.4 Å². The summed E-state index contributed by atoms with van der Waals surface area (Å²) < 4.78 is 10.3. The van der Waals surface area contributed by atoms with Crippen LogP contribution < -0.4 is 9.47 Å². The summed E-state index contributed by atoms with van der Waals surface area (Å²) in [5.41, 5.74) is 0.267. The minimum absolute atomic E-state index is 0.267. The van der Waals surface area contributed by atoms with Crippen molar-refractivity contribution < 1.29 is 19.1 Å². The van der Waals surface area contributed by atoms with Gasteiger partial charge in [-0.1, -0.05) is 13.8 Å². The van der Waals surface area contributed by atoms with Crippen LogP contribution in [0.3, 0.4) is 0 Å². The van der Waals surface area contributed by atoms with Crippen molar-refractivity contribution in [2.45, 2.75) is 26.7 Å². The highest BCUT2D eigenvalue weighted by molar-refractivity contribution is 6.13. The van der Waals surface area contributed by atoms with Gasteiger partial charge in [0.15, 0.2) is 29.0 Å². The van der Waals surface area contributed by atoms with Crippen LogP contribution >= 0.6 is 0 Å². The average molecular weight is 303 g/mol. The van der Waals surface area contributed by atoms with Crippen molar-refractivity contribution in [3.05, 3.63) is 23.8 Å². The van der Waals surface area contributed by atoms with Crippen molar-refractivity contribution in [3.63, 3.8) is 0 Å². The van der Waals surface area contributed by atoms with E-state index in [-0.39, 0.29) is 17.3 Å². The molecule has 0 N–H and O–H groups in total. The predicted molar refractivity (Wildman–Crippen MR) is 82.1 cm³/mol. The molecule has 1 aromatic carbocycles. The Hall–Kier alpha value is -2.35. The van der Waals surface area contributed by atoms with Crippen LogP contribution in [0, 0.1) is 23.2 Å². The number of rotatable bonds is 8. The Morgan fingerprint density at radius 1 is 1.14 bits per heavy atom. The van der Waals surface area contributed by atoms with Crippen LogP contribution in [-0.4, -0.2) is 25.8 Å². The maximum absolute atomic E-state index is 12.5. The fourth-order valence-corrected chi connectivity index (χ4v) is 2.33. The van der Waals surface area contributed by atoms with Gasteiger partial charge in [0, 0.05) is 11.5 Å². The first-order valence-electron chi connectivity index (χ1n) is 7.23. The lowest BCUT2D eigenvalue weighted by molar-refractivity contribution is -0.124. The van der Waals surface area contributed by atoms with Crippen LogP contribution in [0.5, 0.6) is 11.5 Å². The smallest absolute Gasteiger partial charge is 0.187 e. The molecule has 1 aromatic rings. The number of hydrogen-bond donors (Lipinski definition) is 0. The summed E-state index contributed by atoms with van der Waals surface area (Å²) in [6.07, 6.45) is 1.24. The van der Waals surface area contributed by atoms with Crippen molar-refractivity contribution >= 4 is 11.6 Å². The maximum Gasteiger partial charge on any atom is 0.187 e. The molecule has 118 valence electrons. The van der Waals surface area contributed by atoms with Crippen molar-refractivity contribution in [1.82, 2.24) is 0 Å². The number of carbonyl (C=O) groups excluding carboxylic acids is 2. The van der Waals surface area contributed by atoms with Crippen LogP contribution in [0.1, 0.15) is 37.0 Å². The molecule has 0 fully saturated rings. The molecule has 0 amide bonds. The highest BCUT2D eigenvalue weighted by Crippen LogP contribution is 2.29. The van der Waals surface area contributed by atoms with Crippen molar-refractivity contribution in [3.8, 4) is 17.6 Å². The van der Waals surface area contributed by atoms with Gasteiger partial charge in [-0.2, -0.15) is 5.26 Å². The first-order chi connectivity index (χ1) is 10.5. The normalized spacial score (nSPS) is 11.6. The number of hydrogen-bond acceptors (Lipinski definition) is 5. The van der Waals surface area contributed by atoms with Crippen LogP contribution in [-0.2, 0) is 4.79 Å². The Bertz CT molecular complexity index is 585. The fraction of sp³-hybridized carbons (Fsp3) is 0.471. The van der Waals surface area contributed by atoms with Gasteiger partial charge in [-0.05, 0) is 31.0 Å². The summed E-state index contributed by atoms with van der Waals surface area (Å²) in [5.74, 6) is -1.48. The van der Waals surface area contributed by atoms with E-state index in [1.807, 2.05) is 19.9 Å². The molecule has 0 bridgehead atoms. The molecule has 0 aliphatic carbocycles. The lowest BCUT2D eigenvalue weighted by Crippen LogP contribution is -2.28. The Morgan fingerprint density at radius 2 is 1.73 bits per heavy atom. The summed E-state index contributed by atoms with van der Waals surface area (Å²) in [6.45, 7) is 3.75. The second kappa shape index (κ2) is 8.18. The topological polar surface area (TPSA) is 76.4 Å². The van der Waals surface area contributed by atoms with Gasteiger partial charge in [-0.3, -0.25) is 9.59 Å². The number of ether oxygens (including phenoxy) is 2. The van der Waals surface area contributed by atoms with E-state index in [4.69, 9.17) is 9.47 Å². The van der Waals surface area contributed by atoms with Gasteiger partial charge in [-0.15, -0.1) is 0 Å². The molecule has 0 saturated heterocycles. The zero-order valence-electron chi connectivity index (χ0n) is 13.4. The summed E-state index contributed by atoms with van der Waals surface area (Å²) in [7, 11) is 2.96. The molecule has 1 atom stereocenters. The van der Waals surface area contributed by atoms with Gasteiger partial charge in [0.05, 0.1) is 20.3 Å². The second-order valence-electron chi connectivity index (χ2n) is 4.91. The molecule has 0 unspecified atom stereocenters. The van der Waals surface area contributed by atoms with E-state index < -0.39 is 11.7 Å². The molecule has 0 radical (unpaired) electrons. The van der Waals surface area contributed by atoms with Crippen molar-refractivity contribution in [2.75, 3.05) is 14.2 Å². The van der Waals surface area contributed by atoms with Crippen LogP contribution in [0.2, 0.25) is 0 Å². The minimum Gasteiger partial charge on any atom is -0.493 e. The summed E-state index contributed by atoms with van der Waals surface area (Å²) >= 11 is 0. The molecule has 1 rings (SSSR count). The quantitative estimate of drug-likeness (QED) is 0.545. The van der Waals surface area contributed by atoms with E-state index in [1.54, 1.807) is 6.07 Å². The third-order valence-electron chi connectivity index (χ3n) is 3.73. The lowest BCUT2D eigenvalue weighted by atomic mass is 9.85. The van der Waals surface area contributed by atoms with Gasteiger partial charge < -0.3 is 9.47 Å². The molecule has 0 aromatic heterocycles. The summed E-state index contributed by atoms with van der Waals surface area (Å²) in [4.78, 5) is 24.8. The van der Waals surface area contributed by atoms with Gasteiger partial charge in [0.1, 0.15) is 0 Å². The number of Topliss-reactive ketones (excluding diaryl/α,β-unsaturated/α-hetero) is 2. The van der Waals surface area contributed by atoms with Crippen LogP contribution in [0.25, 0.3) is 0 Å². The number of nitrogens with zero attached hydrogens (tertiary/aromatic N) is 1. The predicted octanol–water partition coefficient (Wildman–Crippen LogP) is 3.03. The number of methoxy groups -OCH3 is 2. The average Bonchev–Trinajstić information content (AvgIpc) is 2.55. The first kappa shape index (κ1) is 17.7. The van der Waals surface area contributed by atoms with Gasteiger partial charge in [-0.25, -0.2) is 0 Å². The molecule has 0 aliphatic rings. The molecule has 0 heterocycles. The monoisotopic (exact) mass is 303 g/mol. The van der Waals surface area contributed by atoms with Crippen LogP contribution in [0.4, 0.5) is 0 Å². The third-order valence-corrected chi connectivity index (χ3v) is 3.73. The van der Waals surface area contributed by atoms with E-state index in [0.29, 0.717) is 24.3 Å². The first-order valence-corrected chi connectivity index (χ1v) is 7.23. The number of benzene rings is 1. The van der Waals surface area contributed by atoms with Gasteiger partial charge >= 0.3 is 0 Å². The standard InChI is InChI=1S/C17H21NO4/c1-5-11(6-2)16(19)13(10-18)17(20)12-7-8-14(21-3)15(9-12)22-4/h7-9,11,13H,5-6H2,1-4H3/t13-/m1/s1. The molecule has 22 heavy (non-hydrogen) atoms. The highest BCUT2D eigenvalue weighted by Gasteiger charge is 2.31. The molecule has 0 saturated carbocycles. The second-order valence-corrected chi connectivity index (χ2v) is 4.91. The molecular weight excluding hydrogens is 282 g/mol. The molecule has 5 nitrogen and oxygen atoms in total. The zero-order chi connectivity index (χ0) is 16.7. The fourth-order valence-electron chi connectivity index (χ4n) is 2.33. The number of nitriles is 1. The van der Waals surface area contributed by atoms with Crippen molar-refractivity contribution in [1.29, 1.82) is 5.26 Å². The number of ketones is 2. The maximum atomic E-state index is 12.5. The van der Waals surface area contributed by atoms with Crippen LogP contribution in [0.15, 0.2) is 18.2 Å². The summed E-state index contributed by atoms with van der Waals surface area (Å²) in [5, 5.41) is 9.25. The zero-order valence-corrected chi connectivity index (χ0v) is 13.4. The minimum atomic E-state index is -1.27. The molecular formula is C17H21NO4. The molecule has 0 spiro atoms. The van der Waals surface area contributed by atoms with E-state index in [0.717, 1.165) is 0 Å². The van der Waals surface area contributed by atoms with E-state index in [9.17, 15) is 14.9 Å². The van der Waals surface area contributed by atoms with Crippen molar-refractivity contribution in [2.24, 2.45) is 11.8 Å².